The molecule has 108 valence electrons. The standard InChI is InChI=1S/C17H13N3O2/c21-14-8-6-12(7-9-14)15-10-19-16(11-18-15)20-17(22)13-4-2-1-3-5-13/h1-11,21H,(H,19,20,22). The number of phenolic OH excluding ortho intramolecular Hbond substituents is 1. The van der Waals surface area contributed by atoms with Crippen LogP contribution in [-0.2, 0) is 0 Å². The van der Waals surface area contributed by atoms with Gasteiger partial charge in [0.15, 0.2) is 5.82 Å². The summed E-state index contributed by atoms with van der Waals surface area (Å²) in [6, 6.07) is 15.6. The maximum atomic E-state index is 12.0. The Hall–Kier alpha value is -3.21. The van der Waals surface area contributed by atoms with Gasteiger partial charge in [0.25, 0.3) is 5.91 Å². The molecule has 0 saturated carbocycles. The number of aromatic nitrogens is 2. The zero-order valence-corrected chi connectivity index (χ0v) is 11.6. The van der Waals surface area contributed by atoms with Gasteiger partial charge in [-0.2, -0.15) is 0 Å². The molecule has 2 N–H and O–H groups in total. The van der Waals surface area contributed by atoms with Gasteiger partial charge in [0.1, 0.15) is 5.75 Å². The fourth-order valence-electron chi connectivity index (χ4n) is 1.95. The quantitative estimate of drug-likeness (QED) is 0.777. The van der Waals surface area contributed by atoms with Crippen LogP contribution in [0.1, 0.15) is 10.4 Å². The van der Waals surface area contributed by atoms with Crippen LogP contribution in [0.3, 0.4) is 0 Å². The van der Waals surface area contributed by atoms with Gasteiger partial charge in [-0.25, -0.2) is 4.98 Å². The largest absolute Gasteiger partial charge is 0.508 e. The zero-order chi connectivity index (χ0) is 15.4. The first-order valence-corrected chi connectivity index (χ1v) is 6.70. The van der Waals surface area contributed by atoms with E-state index in [1.165, 1.54) is 6.20 Å². The van der Waals surface area contributed by atoms with Crippen molar-refractivity contribution in [3.8, 4) is 17.0 Å². The number of hydrogen-bond donors (Lipinski definition) is 2. The molecule has 3 aromatic rings. The van der Waals surface area contributed by atoms with Crippen LogP contribution in [0.4, 0.5) is 5.82 Å². The predicted octanol–water partition coefficient (Wildman–Crippen LogP) is 3.10. The van der Waals surface area contributed by atoms with Gasteiger partial charge in [0, 0.05) is 11.1 Å². The molecule has 5 nitrogen and oxygen atoms in total. The van der Waals surface area contributed by atoms with E-state index in [9.17, 15) is 9.90 Å². The highest BCUT2D eigenvalue weighted by Gasteiger charge is 2.07. The lowest BCUT2D eigenvalue weighted by Crippen LogP contribution is -2.12. The number of anilines is 1. The van der Waals surface area contributed by atoms with Gasteiger partial charge in [-0.3, -0.25) is 9.78 Å². The minimum Gasteiger partial charge on any atom is -0.508 e. The summed E-state index contributed by atoms with van der Waals surface area (Å²) in [6.45, 7) is 0. The Morgan fingerprint density at radius 1 is 0.909 bits per heavy atom. The summed E-state index contributed by atoms with van der Waals surface area (Å²) < 4.78 is 0. The summed E-state index contributed by atoms with van der Waals surface area (Å²) in [4.78, 5) is 20.5. The molecule has 0 aliphatic rings. The molecular weight excluding hydrogens is 278 g/mol. The van der Waals surface area contributed by atoms with Gasteiger partial charge in [-0.05, 0) is 36.4 Å². The van der Waals surface area contributed by atoms with Gasteiger partial charge < -0.3 is 10.4 Å². The second-order valence-electron chi connectivity index (χ2n) is 4.65. The van der Waals surface area contributed by atoms with Crippen molar-refractivity contribution in [2.45, 2.75) is 0 Å². The fourth-order valence-corrected chi connectivity index (χ4v) is 1.95. The molecule has 5 heteroatoms. The van der Waals surface area contributed by atoms with Crippen molar-refractivity contribution in [1.82, 2.24) is 9.97 Å². The number of phenols is 1. The van der Waals surface area contributed by atoms with E-state index in [2.05, 4.69) is 15.3 Å². The lowest BCUT2D eigenvalue weighted by Gasteiger charge is -2.05. The Morgan fingerprint density at radius 2 is 1.64 bits per heavy atom. The van der Waals surface area contributed by atoms with Gasteiger partial charge >= 0.3 is 0 Å². The third kappa shape index (κ3) is 3.09. The Morgan fingerprint density at radius 3 is 2.27 bits per heavy atom. The Labute approximate surface area is 127 Å². The second kappa shape index (κ2) is 6.05. The van der Waals surface area contributed by atoms with Crippen LogP contribution in [-0.4, -0.2) is 21.0 Å². The third-order valence-corrected chi connectivity index (χ3v) is 3.09. The molecule has 3 rings (SSSR count). The molecule has 0 radical (unpaired) electrons. The first-order chi connectivity index (χ1) is 10.7. The predicted molar refractivity (Wildman–Crippen MR) is 83.5 cm³/mol. The first kappa shape index (κ1) is 13.8. The van der Waals surface area contributed by atoms with E-state index in [1.54, 1.807) is 54.7 Å². The molecule has 0 spiro atoms. The Kier molecular flexibility index (Phi) is 3.78. The second-order valence-corrected chi connectivity index (χ2v) is 4.65. The van der Waals surface area contributed by atoms with Gasteiger partial charge in [0.05, 0.1) is 18.1 Å². The number of rotatable bonds is 3. The van der Waals surface area contributed by atoms with Crippen molar-refractivity contribution in [2.24, 2.45) is 0 Å². The molecule has 2 aromatic carbocycles. The number of nitrogens with zero attached hydrogens (tertiary/aromatic N) is 2. The van der Waals surface area contributed by atoms with E-state index in [1.807, 2.05) is 6.07 Å². The van der Waals surface area contributed by atoms with E-state index in [0.29, 0.717) is 17.1 Å². The number of benzene rings is 2. The van der Waals surface area contributed by atoms with E-state index in [4.69, 9.17) is 0 Å². The first-order valence-electron chi connectivity index (χ1n) is 6.70. The fraction of sp³-hybridized carbons (Fsp3) is 0. The van der Waals surface area contributed by atoms with E-state index in [-0.39, 0.29) is 11.7 Å². The van der Waals surface area contributed by atoms with Gasteiger partial charge in [-0.15, -0.1) is 0 Å². The summed E-state index contributed by atoms with van der Waals surface area (Å²) in [7, 11) is 0. The van der Waals surface area contributed by atoms with Crippen molar-refractivity contribution in [2.75, 3.05) is 5.32 Å². The number of carbonyl (C=O) groups is 1. The van der Waals surface area contributed by atoms with Crippen LogP contribution in [0, 0.1) is 0 Å². The topological polar surface area (TPSA) is 75.1 Å². The molecular formula is C17H13N3O2. The normalized spacial score (nSPS) is 10.2. The van der Waals surface area contributed by atoms with Crippen LogP contribution in [0.2, 0.25) is 0 Å². The molecule has 1 amide bonds. The van der Waals surface area contributed by atoms with Crippen LogP contribution in [0.15, 0.2) is 67.0 Å². The SMILES string of the molecule is O=C(Nc1cnc(-c2ccc(O)cc2)cn1)c1ccccc1. The molecule has 0 bridgehead atoms. The third-order valence-electron chi connectivity index (χ3n) is 3.09. The smallest absolute Gasteiger partial charge is 0.256 e. The van der Waals surface area contributed by atoms with E-state index >= 15 is 0 Å². The summed E-state index contributed by atoms with van der Waals surface area (Å²) in [5.41, 5.74) is 2.07. The number of amides is 1. The molecule has 0 aliphatic heterocycles. The van der Waals surface area contributed by atoms with Crippen LogP contribution in [0.25, 0.3) is 11.3 Å². The van der Waals surface area contributed by atoms with Gasteiger partial charge in [0.2, 0.25) is 0 Å². The number of carbonyl (C=O) groups excluding carboxylic acids is 1. The highest BCUT2D eigenvalue weighted by molar-refractivity contribution is 6.03. The molecule has 0 aliphatic carbocycles. The highest BCUT2D eigenvalue weighted by atomic mass is 16.3. The lowest BCUT2D eigenvalue weighted by atomic mass is 10.1. The summed E-state index contributed by atoms with van der Waals surface area (Å²) >= 11 is 0. The molecule has 0 atom stereocenters. The molecule has 1 heterocycles. The molecule has 0 saturated heterocycles. The van der Waals surface area contributed by atoms with Crippen molar-refractivity contribution < 1.29 is 9.90 Å². The molecule has 0 fully saturated rings. The summed E-state index contributed by atoms with van der Waals surface area (Å²) in [5.74, 6) is 0.354. The Bertz CT molecular complexity index is 769. The zero-order valence-electron chi connectivity index (χ0n) is 11.6. The minimum absolute atomic E-state index is 0.198. The van der Waals surface area contributed by atoms with Crippen molar-refractivity contribution >= 4 is 11.7 Å². The average molecular weight is 291 g/mol. The lowest BCUT2D eigenvalue weighted by molar-refractivity contribution is 0.102. The highest BCUT2D eigenvalue weighted by Crippen LogP contribution is 2.19. The van der Waals surface area contributed by atoms with Crippen molar-refractivity contribution in [1.29, 1.82) is 0 Å². The van der Waals surface area contributed by atoms with Crippen LogP contribution < -0.4 is 5.32 Å². The maximum absolute atomic E-state index is 12.0. The van der Waals surface area contributed by atoms with Crippen molar-refractivity contribution in [3.63, 3.8) is 0 Å². The number of nitrogens with one attached hydrogen (secondary N) is 1. The van der Waals surface area contributed by atoms with Crippen LogP contribution in [0.5, 0.6) is 5.75 Å². The molecule has 0 unspecified atom stereocenters. The summed E-state index contributed by atoms with van der Waals surface area (Å²) in [6.07, 6.45) is 3.08. The molecule has 1 aromatic heterocycles. The minimum atomic E-state index is -0.229. The Balaban J connectivity index is 1.74. The monoisotopic (exact) mass is 291 g/mol. The maximum Gasteiger partial charge on any atom is 0.256 e. The molecule has 22 heavy (non-hydrogen) atoms. The number of aromatic hydroxyl groups is 1. The number of hydrogen-bond acceptors (Lipinski definition) is 4. The average Bonchev–Trinajstić information content (AvgIpc) is 2.57. The van der Waals surface area contributed by atoms with Crippen molar-refractivity contribution in [3.05, 3.63) is 72.6 Å². The van der Waals surface area contributed by atoms with E-state index in [0.717, 1.165) is 5.56 Å². The van der Waals surface area contributed by atoms with Gasteiger partial charge in [-0.1, -0.05) is 18.2 Å². The summed E-state index contributed by atoms with van der Waals surface area (Å²) in [5, 5.41) is 12.0. The van der Waals surface area contributed by atoms with Crippen LogP contribution >= 0.6 is 0 Å². The van der Waals surface area contributed by atoms with E-state index < -0.39 is 0 Å².